The van der Waals surface area contributed by atoms with Crippen LogP contribution >= 0.6 is 23.2 Å². The number of fused-ring (bicyclic) bond motifs is 1. The molecule has 0 saturated carbocycles. The van der Waals surface area contributed by atoms with Crippen molar-refractivity contribution in [3.05, 3.63) is 64.4 Å². The average molecular weight is 388 g/mol. The van der Waals surface area contributed by atoms with Gasteiger partial charge in [-0.15, -0.1) is 0 Å². The van der Waals surface area contributed by atoms with Crippen molar-refractivity contribution in [2.24, 2.45) is 0 Å². The highest BCUT2D eigenvalue weighted by Crippen LogP contribution is 2.25. The summed E-state index contributed by atoms with van der Waals surface area (Å²) in [6, 6.07) is 9.29. The Kier molecular flexibility index (Phi) is 4.38. The summed E-state index contributed by atoms with van der Waals surface area (Å²) in [5, 5.41) is 0.805. The van der Waals surface area contributed by atoms with Crippen molar-refractivity contribution in [3.63, 3.8) is 0 Å². The third-order valence-electron chi connectivity index (χ3n) is 4.35. The van der Waals surface area contributed by atoms with Crippen molar-refractivity contribution in [1.29, 1.82) is 0 Å². The van der Waals surface area contributed by atoms with Crippen LogP contribution in [0.2, 0.25) is 10.3 Å². The number of nitrogens with zero attached hydrogens (tertiary/aromatic N) is 5. The van der Waals surface area contributed by atoms with Crippen molar-refractivity contribution in [2.45, 2.75) is 26.1 Å². The van der Waals surface area contributed by atoms with Crippen molar-refractivity contribution in [1.82, 2.24) is 24.4 Å². The zero-order valence-electron chi connectivity index (χ0n) is 13.9. The quantitative estimate of drug-likeness (QED) is 0.642. The van der Waals surface area contributed by atoms with E-state index in [0.717, 1.165) is 5.56 Å². The summed E-state index contributed by atoms with van der Waals surface area (Å²) in [6.45, 7) is 3.17. The summed E-state index contributed by atoms with van der Waals surface area (Å²) >= 11 is 11.9. The second-order valence-corrected chi connectivity index (χ2v) is 7.00. The molecule has 0 spiro atoms. The fourth-order valence-electron chi connectivity index (χ4n) is 3.10. The molecule has 8 heteroatoms. The van der Waals surface area contributed by atoms with Gasteiger partial charge in [-0.3, -0.25) is 4.79 Å². The Labute approximate surface area is 160 Å². The normalized spacial score (nSPS) is 16.7. The summed E-state index contributed by atoms with van der Waals surface area (Å²) in [6.07, 6.45) is 3.40. The monoisotopic (exact) mass is 387 g/mol. The Morgan fingerprint density at radius 3 is 2.81 bits per heavy atom. The minimum absolute atomic E-state index is 0.0324. The van der Waals surface area contributed by atoms with E-state index >= 15 is 0 Å². The summed E-state index contributed by atoms with van der Waals surface area (Å²) in [4.78, 5) is 27.3. The molecular formula is C18H15Cl2N5O. The largest absolute Gasteiger partial charge is 0.327 e. The van der Waals surface area contributed by atoms with E-state index < -0.39 is 0 Å². The molecule has 0 unspecified atom stereocenters. The number of rotatable bonds is 3. The summed E-state index contributed by atoms with van der Waals surface area (Å²) < 4.78 is 1.87. The number of amides is 1. The van der Waals surface area contributed by atoms with E-state index in [2.05, 4.69) is 15.0 Å². The lowest BCUT2D eigenvalue weighted by Gasteiger charge is -2.33. The van der Waals surface area contributed by atoms with Crippen LogP contribution in [0.5, 0.6) is 0 Å². The highest BCUT2D eigenvalue weighted by molar-refractivity contribution is 6.30. The first-order valence-corrected chi connectivity index (χ1v) is 8.88. The van der Waals surface area contributed by atoms with Crippen LogP contribution in [0.15, 0.2) is 42.7 Å². The lowest BCUT2D eigenvalue weighted by molar-refractivity contribution is 0.0587. The van der Waals surface area contributed by atoms with Gasteiger partial charge < -0.3 is 9.47 Å². The molecule has 1 aliphatic rings. The lowest BCUT2D eigenvalue weighted by Crippen LogP contribution is -2.46. The fourth-order valence-corrected chi connectivity index (χ4v) is 3.46. The van der Waals surface area contributed by atoms with Gasteiger partial charge >= 0.3 is 0 Å². The van der Waals surface area contributed by atoms with Gasteiger partial charge in [-0.05, 0) is 42.3 Å². The molecule has 132 valence electrons. The SMILES string of the molecule is C[C@H]1Cn2cc(-c3ccnc(Cl)n3)nc2C(=O)N1Cc1cccc(Cl)c1. The molecule has 0 radical (unpaired) electrons. The predicted molar refractivity (Wildman–Crippen MR) is 99.1 cm³/mol. The van der Waals surface area contributed by atoms with Crippen molar-refractivity contribution >= 4 is 29.1 Å². The molecule has 0 saturated heterocycles. The van der Waals surface area contributed by atoms with E-state index in [1.165, 1.54) is 0 Å². The number of carbonyl (C=O) groups is 1. The van der Waals surface area contributed by atoms with Crippen LogP contribution in [0.3, 0.4) is 0 Å². The van der Waals surface area contributed by atoms with Crippen molar-refractivity contribution in [3.8, 4) is 11.4 Å². The Balaban J connectivity index is 1.65. The number of benzene rings is 1. The van der Waals surface area contributed by atoms with E-state index in [1.807, 2.05) is 46.9 Å². The third-order valence-corrected chi connectivity index (χ3v) is 4.77. The number of hydrogen-bond acceptors (Lipinski definition) is 4. The van der Waals surface area contributed by atoms with Gasteiger partial charge in [0.05, 0.1) is 5.69 Å². The molecule has 26 heavy (non-hydrogen) atoms. The number of halogens is 2. The van der Waals surface area contributed by atoms with Crippen LogP contribution in [0.1, 0.15) is 23.1 Å². The first-order valence-electron chi connectivity index (χ1n) is 8.13. The maximum atomic E-state index is 13.0. The van der Waals surface area contributed by atoms with E-state index in [4.69, 9.17) is 23.2 Å². The minimum atomic E-state index is -0.116. The summed E-state index contributed by atoms with van der Waals surface area (Å²) in [7, 11) is 0. The number of imidazole rings is 1. The van der Waals surface area contributed by atoms with Gasteiger partial charge in [0.1, 0.15) is 5.69 Å². The van der Waals surface area contributed by atoms with E-state index in [9.17, 15) is 4.79 Å². The molecule has 0 N–H and O–H groups in total. The number of carbonyl (C=O) groups excluding carboxylic acids is 1. The number of hydrogen-bond donors (Lipinski definition) is 0. The van der Waals surface area contributed by atoms with Gasteiger partial charge in [-0.25, -0.2) is 15.0 Å². The topological polar surface area (TPSA) is 63.9 Å². The summed E-state index contributed by atoms with van der Waals surface area (Å²) in [5.74, 6) is 0.282. The lowest BCUT2D eigenvalue weighted by atomic mass is 10.1. The smallest absolute Gasteiger partial charge is 0.290 e. The van der Waals surface area contributed by atoms with Gasteiger partial charge in [0.2, 0.25) is 5.28 Å². The Morgan fingerprint density at radius 1 is 1.19 bits per heavy atom. The molecule has 1 amide bonds. The molecule has 0 fully saturated rings. The van der Waals surface area contributed by atoms with Gasteiger partial charge in [-0.2, -0.15) is 0 Å². The van der Waals surface area contributed by atoms with E-state index in [-0.39, 0.29) is 17.2 Å². The molecule has 1 aromatic carbocycles. The molecule has 3 aromatic rings. The standard InChI is InChI=1S/C18H15Cl2N5O/c1-11-8-24-10-15(14-5-6-21-18(20)23-14)22-16(24)17(26)25(11)9-12-3-2-4-13(19)7-12/h2-7,10-11H,8-9H2,1H3/t11-/m0/s1. The van der Waals surface area contributed by atoms with Gasteiger partial charge in [0.25, 0.3) is 5.91 Å². The molecule has 1 aliphatic heterocycles. The highest BCUT2D eigenvalue weighted by atomic mass is 35.5. The zero-order valence-corrected chi connectivity index (χ0v) is 15.4. The van der Waals surface area contributed by atoms with Crippen LogP contribution in [-0.4, -0.2) is 36.4 Å². The van der Waals surface area contributed by atoms with Crippen LogP contribution in [0.25, 0.3) is 11.4 Å². The maximum Gasteiger partial charge on any atom is 0.290 e. The Bertz CT molecular complexity index is 987. The molecule has 2 aromatic heterocycles. The zero-order chi connectivity index (χ0) is 18.3. The molecular weight excluding hydrogens is 373 g/mol. The van der Waals surface area contributed by atoms with E-state index in [0.29, 0.717) is 35.3 Å². The van der Waals surface area contributed by atoms with E-state index in [1.54, 1.807) is 12.3 Å². The molecule has 4 rings (SSSR count). The number of aromatic nitrogens is 4. The maximum absolute atomic E-state index is 13.0. The molecule has 1 atom stereocenters. The fraction of sp³-hybridized carbons (Fsp3) is 0.222. The van der Waals surface area contributed by atoms with Gasteiger partial charge in [-0.1, -0.05) is 23.7 Å². The highest BCUT2D eigenvalue weighted by Gasteiger charge is 2.32. The second-order valence-electron chi connectivity index (χ2n) is 6.23. The molecule has 3 heterocycles. The minimum Gasteiger partial charge on any atom is -0.327 e. The Morgan fingerprint density at radius 2 is 2.04 bits per heavy atom. The van der Waals surface area contributed by atoms with Crippen LogP contribution in [0.4, 0.5) is 0 Å². The first kappa shape index (κ1) is 17.0. The molecule has 0 bridgehead atoms. The Hall–Kier alpha value is -2.44. The van der Waals surface area contributed by atoms with Crippen LogP contribution in [0, 0.1) is 0 Å². The van der Waals surface area contributed by atoms with Crippen LogP contribution in [-0.2, 0) is 13.1 Å². The predicted octanol–water partition coefficient (Wildman–Crippen LogP) is 3.69. The van der Waals surface area contributed by atoms with Crippen LogP contribution < -0.4 is 0 Å². The third kappa shape index (κ3) is 3.18. The molecule has 6 nitrogen and oxygen atoms in total. The van der Waals surface area contributed by atoms with Crippen molar-refractivity contribution < 1.29 is 4.79 Å². The van der Waals surface area contributed by atoms with Gasteiger partial charge in [0, 0.05) is 36.5 Å². The average Bonchev–Trinajstić information content (AvgIpc) is 3.03. The van der Waals surface area contributed by atoms with Crippen molar-refractivity contribution in [2.75, 3.05) is 0 Å². The first-order chi connectivity index (χ1) is 12.5. The molecule has 0 aliphatic carbocycles. The van der Waals surface area contributed by atoms with Gasteiger partial charge in [0.15, 0.2) is 5.82 Å². The summed E-state index contributed by atoms with van der Waals surface area (Å²) in [5.41, 5.74) is 2.18. The second kappa shape index (κ2) is 6.70.